The molecule has 4 heteroatoms. The Balaban J connectivity index is 0.950. The SMILES string of the molecule is [2H]c1c([2H])c([2H])c2c(c1[2H])c1c([2H])c(-c3ccccc3)c([2H])c([2H])c1n2-c1ccc2c(c1)N(c1c(-c3ccccc3)cc(C(C)(C)C)cc1-c1ccccc1)c1cc(C(C)(C)C)cc3c1B2c1cc(-c2cccc(-c4ccccc4)c2)ccc1N3c1c(-c2cccc3c2ccc2ccccc23)cccc1-c1cccc2c1ccc1ccccc12. The number of aromatic nitrogens is 1. The van der Waals surface area contributed by atoms with Gasteiger partial charge in [-0.3, -0.25) is 0 Å². The molecule has 530 valence electrons. The summed E-state index contributed by atoms with van der Waals surface area (Å²) in [5.41, 5.74) is 24.1. The van der Waals surface area contributed by atoms with E-state index in [9.17, 15) is 9.60 Å². The van der Waals surface area contributed by atoms with Crippen LogP contribution in [0.2, 0.25) is 0 Å². The van der Waals surface area contributed by atoms with E-state index in [1.165, 1.54) is 21.5 Å². The van der Waals surface area contributed by atoms with Crippen LogP contribution in [0.15, 0.2) is 376 Å². The fraction of sp³-hybridized carbons (Fsp3) is 0.0741. The maximum atomic E-state index is 10.4. The van der Waals surface area contributed by atoms with Crippen LogP contribution in [0.25, 0.3) is 148 Å². The van der Waals surface area contributed by atoms with Gasteiger partial charge >= 0.3 is 0 Å². The summed E-state index contributed by atoms with van der Waals surface area (Å²) < 4.78 is 71.3. The number of rotatable bonds is 10. The van der Waals surface area contributed by atoms with E-state index >= 15 is 0 Å². The van der Waals surface area contributed by atoms with Crippen molar-refractivity contribution < 1.29 is 9.60 Å². The molecule has 0 spiro atoms. The molecule has 1 aromatic heterocycles. The summed E-state index contributed by atoms with van der Waals surface area (Å²) in [6, 6.07) is 118. The zero-order chi connectivity index (χ0) is 81.2. The molecule has 0 unspecified atom stereocenters. The summed E-state index contributed by atoms with van der Waals surface area (Å²) in [5.74, 6) is 0. The van der Waals surface area contributed by atoms with Crippen LogP contribution in [0.1, 0.15) is 62.3 Å². The first kappa shape index (κ1) is 59.4. The van der Waals surface area contributed by atoms with E-state index in [1.54, 1.807) is 4.57 Å². The highest BCUT2D eigenvalue weighted by molar-refractivity contribution is 7.00. The van der Waals surface area contributed by atoms with E-state index in [0.29, 0.717) is 11.3 Å². The first-order chi connectivity index (χ1) is 57.8. The van der Waals surface area contributed by atoms with Gasteiger partial charge < -0.3 is 14.4 Å². The Morgan fingerprint density at radius 2 is 0.723 bits per heavy atom. The Morgan fingerprint density at radius 1 is 0.268 bits per heavy atom. The number of nitrogens with zero attached hydrogens (tertiary/aromatic N) is 3. The summed E-state index contributed by atoms with van der Waals surface area (Å²) in [5, 5.41) is 9.54. The molecule has 3 heterocycles. The molecule has 0 radical (unpaired) electrons. The van der Waals surface area contributed by atoms with Crippen molar-refractivity contribution in [3.8, 4) is 83.6 Å². The summed E-state index contributed by atoms with van der Waals surface area (Å²) in [6.45, 7) is 13.2. The van der Waals surface area contributed by atoms with Crippen molar-refractivity contribution in [3.63, 3.8) is 0 Å². The first-order valence-corrected chi connectivity index (χ1v) is 38.8. The summed E-state index contributed by atoms with van der Waals surface area (Å²) in [4.78, 5) is 5.14. The van der Waals surface area contributed by atoms with Gasteiger partial charge in [-0.05, 0) is 204 Å². The number of hydrogen-bond donors (Lipinski definition) is 0. The lowest BCUT2D eigenvalue weighted by atomic mass is 9.33. The molecule has 0 amide bonds. The Labute approximate surface area is 665 Å². The second-order valence-electron chi connectivity index (χ2n) is 32.1. The highest BCUT2D eigenvalue weighted by atomic mass is 15.2. The molecule has 18 aromatic carbocycles. The predicted octanol–water partition coefficient (Wildman–Crippen LogP) is 27.7. The maximum absolute atomic E-state index is 10.4. The average molecular weight is 1440 g/mol. The summed E-state index contributed by atoms with van der Waals surface area (Å²) >= 11 is 0. The van der Waals surface area contributed by atoms with E-state index in [-0.39, 0.29) is 63.0 Å². The molecule has 0 N–H and O–H groups in total. The molecule has 21 rings (SSSR count). The van der Waals surface area contributed by atoms with E-state index in [2.05, 4.69) is 349 Å². The van der Waals surface area contributed by atoms with E-state index < -0.39 is 24.2 Å². The van der Waals surface area contributed by atoms with Crippen molar-refractivity contribution in [2.45, 2.75) is 52.4 Å². The van der Waals surface area contributed by atoms with Crippen molar-refractivity contribution >= 4 is 122 Å². The van der Waals surface area contributed by atoms with Gasteiger partial charge in [0.2, 0.25) is 0 Å². The molecule has 0 fully saturated rings. The minimum absolute atomic E-state index is 0.100. The van der Waals surface area contributed by atoms with Crippen molar-refractivity contribution in [2.24, 2.45) is 0 Å². The molecule has 19 aromatic rings. The molecule has 2 aliphatic heterocycles. The fourth-order valence-corrected chi connectivity index (χ4v) is 18.0. The topological polar surface area (TPSA) is 11.4 Å². The number of benzene rings is 18. The van der Waals surface area contributed by atoms with Gasteiger partial charge in [-0.2, -0.15) is 0 Å². The Morgan fingerprint density at radius 3 is 1.31 bits per heavy atom. The van der Waals surface area contributed by atoms with E-state index in [1.807, 2.05) is 36.4 Å². The quantitative estimate of drug-likeness (QED) is 0.0999. The third-order valence-corrected chi connectivity index (χ3v) is 23.5. The van der Waals surface area contributed by atoms with Gasteiger partial charge in [0.1, 0.15) is 0 Å². The van der Waals surface area contributed by atoms with Crippen LogP contribution in [-0.2, 0) is 10.8 Å². The highest BCUT2D eigenvalue weighted by Crippen LogP contribution is 2.56. The van der Waals surface area contributed by atoms with Crippen LogP contribution < -0.4 is 26.2 Å². The van der Waals surface area contributed by atoms with Gasteiger partial charge in [0.25, 0.3) is 6.71 Å². The molecular weight excluding hydrogens is 1350 g/mol. The number of fused-ring (bicyclic) bond motifs is 13. The molecule has 2 aliphatic rings. The fourth-order valence-electron chi connectivity index (χ4n) is 18.0. The molecule has 0 atom stereocenters. The minimum atomic E-state index is -0.522. The second kappa shape index (κ2) is 26.1. The monoisotopic (exact) mass is 1440 g/mol. The first-order valence-electron chi connectivity index (χ1n) is 42.3. The zero-order valence-corrected chi connectivity index (χ0v) is 63.2. The van der Waals surface area contributed by atoms with Gasteiger partial charge in [0.15, 0.2) is 0 Å². The molecule has 0 saturated heterocycles. The third-order valence-electron chi connectivity index (χ3n) is 23.5. The zero-order valence-electron chi connectivity index (χ0n) is 70.2. The Kier molecular flexibility index (Phi) is 13.8. The van der Waals surface area contributed by atoms with Crippen molar-refractivity contribution in [3.05, 3.63) is 387 Å². The van der Waals surface area contributed by atoms with Gasteiger partial charge in [-0.15, -0.1) is 0 Å². The normalized spacial score (nSPS) is 13.6. The lowest BCUT2D eigenvalue weighted by Crippen LogP contribution is -2.61. The smallest absolute Gasteiger partial charge is 0.252 e. The van der Waals surface area contributed by atoms with Gasteiger partial charge in [-0.25, -0.2) is 0 Å². The lowest BCUT2D eigenvalue weighted by molar-refractivity contribution is 0.590. The molecule has 0 saturated carbocycles. The molecule has 0 aliphatic carbocycles. The van der Waals surface area contributed by atoms with Crippen molar-refractivity contribution in [1.82, 2.24) is 4.57 Å². The number of anilines is 6. The number of hydrogen-bond acceptors (Lipinski definition) is 2. The van der Waals surface area contributed by atoms with Crippen LogP contribution in [0.3, 0.4) is 0 Å². The van der Waals surface area contributed by atoms with E-state index in [0.717, 1.165) is 150 Å². The minimum Gasteiger partial charge on any atom is -0.310 e. The highest BCUT2D eigenvalue weighted by Gasteiger charge is 2.47. The summed E-state index contributed by atoms with van der Waals surface area (Å²) in [7, 11) is 0. The Bertz CT molecular complexity index is 7280. The van der Waals surface area contributed by atoms with Crippen molar-refractivity contribution in [2.75, 3.05) is 9.80 Å². The van der Waals surface area contributed by atoms with Crippen LogP contribution in [0.5, 0.6) is 0 Å². The van der Waals surface area contributed by atoms with Gasteiger partial charge in [0.05, 0.1) is 32.0 Å². The van der Waals surface area contributed by atoms with E-state index in [4.69, 9.17) is 0 Å². The maximum Gasteiger partial charge on any atom is 0.252 e. The molecule has 0 bridgehead atoms. The molecule has 3 nitrogen and oxygen atoms in total. The predicted molar refractivity (Wildman–Crippen MR) is 480 cm³/mol. The van der Waals surface area contributed by atoms with Crippen molar-refractivity contribution in [1.29, 1.82) is 0 Å². The largest absolute Gasteiger partial charge is 0.310 e. The third kappa shape index (κ3) is 10.9. The second-order valence-corrected chi connectivity index (χ2v) is 32.1. The Hall–Kier alpha value is -13.5. The summed E-state index contributed by atoms with van der Waals surface area (Å²) in [6.07, 6.45) is 0. The van der Waals surface area contributed by atoms with Gasteiger partial charge in [-0.1, -0.05) is 351 Å². The van der Waals surface area contributed by atoms with Crippen LogP contribution in [0.4, 0.5) is 34.1 Å². The van der Waals surface area contributed by atoms with Crippen LogP contribution in [-0.4, -0.2) is 11.3 Å². The average Bonchev–Trinajstić information content (AvgIpc) is 1.17. The van der Waals surface area contributed by atoms with Crippen LogP contribution >= 0.6 is 0 Å². The standard InChI is InChI=1S/C108H80BN3/c1-107(2,3)79-64-93(71-33-15-9-16-34-71)106(94(65-79)72-35-17-10-18-36-72)112-101-68-81(110-98-50-24-23-43-90(98)95-62-77(53-59-99(95)110)70-31-13-8-14-32-70)55-58-96(101)109-97-63-78(76-40-25-39-75(61-76)69-29-11-7-12-30-69)54-60-100(97)111(102-66-80(108(4,5)6)67-103(112)104(102)109)105-91(86-46-26-44-84-82-41-21-19-37-73(82)51-56-88(84)86)48-28-49-92(105)87-47-27-45-85-83-42-22-20-38-74(83)52-57-89(85)87/h7-68H,1-6H3/i23D,24D,43D,50D,53D,59D,62D. The molecule has 112 heavy (non-hydrogen) atoms. The molecular formula is C108H80BN3. The number of para-hydroxylation sites is 2. The van der Waals surface area contributed by atoms with Gasteiger partial charge in [0, 0.05) is 61.5 Å². The van der Waals surface area contributed by atoms with Crippen LogP contribution in [0, 0.1) is 0 Å². The lowest BCUT2D eigenvalue weighted by Gasteiger charge is -2.46.